The van der Waals surface area contributed by atoms with Crippen LogP contribution in [-0.4, -0.2) is 34.8 Å². The number of aryl methyl sites for hydroxylation is 1. The minimum Gasteiger partial charge on any atom is -0.340 e. The Balaban J connectivity index is 1.69. The second kappa shape index (κ2) is 10.2. The summed E-state index contributed by atoms with van der Waals surface area (Å²) in [7, 11) is 0. The summed E-state index contributed by atoms with van der Waals surface area (Å²) in [5.74, 6) is 0.257. The van der Waals surface area contributed by atoms with Crippen LogP contribution in [0.1, 0.15) is 22.3 Å². The number of hydrogen-bond acceptors (Lipinski definition) is 5. The van der Waals surface area contributed by atoms with Gasteiger partial charge in [-0.25, -0.2) is 4.98 Å². The van der Waals surface area contributed by atoms with Crippen LogP contribution in [0.25, 0.3) is 11.3 Å². The number of carbonyl (C=O) groups is 2. The highest BCUT2D eigenvalue weighted by Gasteiger charge is 2.22. The van der Waals surface area contributed by atoms with E-state index in [1.165, 1.54) is 11.3 Å². The van der Waals surface area contributed by atoms with Crippen molar-refractivity contribution in [2.45, 2.75) is 19.4 Å². The van der Waals surface area contributed by atoms with Crippen LogP contribution in [0.2, 0.25) is 0 Å². The normalized spacial score (nSPS) is 11.7. The fourth-order valence-corrected chi connectivity index (χ4v) is 3.99. The molecule has 0 fully saturated rings. The van der Waals surface area contributed by atoms with Gasteiger partial charge in [-0.3, -0.25) is 9.59 Å². The summed E-state index contributed by atoms with van der Waals surface area (Å²) in [6.45, 7) is 1.93. The van der Waals surface area contributed by atoms with Gasteiger partial charge in [0.2, 0.25) is 5.91 Å². The highest BCUT2D eigenvalue weighted by atomic mass is 32.2. The average Bonchev–Trinajstić information content (AvgIpc) is 3.20. The van der Waals surface area contributed by atoms with Crippen molar-refractivity contribution in [3.05, 3.63) is 71.1 Å². The van der Waals surface area contributed by atoms with Gasteiger partial charge in [0.25, 0.3) is 5.91 Å². The largest absolute Gasteiger partial charge is 0.340 e. The monoisotopic (exact) mass is 425 g/mol. The highest BCUT2D eigenvalue weighted by molar-refractivity contribution is 7.98. The Kier molecular flexibility index (Phi) is 7.43. The Hall–Kier alpha value is -2.64. The van der Waals surface area contributed by atoms with Crippen molar-refractivity contribution < 1.29 is 9.59 Å². The third kappa shape index (κ3) is 5.92. The summed E-state index contributed by atoms with van der Waals surface area (Å²) < 4.78 is 0. The second-order valence-corrected chi connectivity index (χ2v) is 8.41. The molecule has 0 radical (unpaired) electrons. The molecule has 0 unspecified atom stereocenters. The Morgan fingerprint density at radius 1 is 1.14 bits per heavy atom. The first-order valence-corrected chi connectivity index (χ1v) is 11.5. The van der Waals surface area contributed by atoms with Gasteiger partial charge in [-0.15, -0.1) is 11.3 Å². The molecule has 3 rings (SSSR count). The van der Waals surface area contributed by atoms with Gasteiger partial charge in [0.15, 0.2) is 5.13 Å². The molecule has 1 atom stereocenters. The van der Waals surface area contributed by atoms with Gasteiger partial charge in [0.1, 0.15) is 6.04 Å². The fraction of sp³-hybridized carbons (Fsp3) is 0.227. The van der Waals surface area contributed by atoms with Crippen LogP contribution in [-0.2, 0) is 4.79 Å². The minimum absolute atomic E-state index is 0.251. The van der Waals surface area contributed by atoms with Crippen LogP contribution in [0, 0.1) is 6.92 Å². The van der Waals surface area contributed by atoms with Crippen LogP contribution < -0.4 is 10.6 Å². The number of benzene rings is 2. The lowest BCUT2D eigenvalue weighted by Crippen LogP contribution is -2.44. The van der Waals surface area contributed by atoms with E-state index >= 15 is 0 Å². The number of amides is 2. The molecule has 0 aliphatic heterocycles. The first kappa shape index (κ1) is 21.1. The summed E-state index contributed by atoms with van der Waals surface area (Å²) in [5.41, 5.74) is 3.36. The molecule has 7 heteroatoms. The van der Waals surface area contributed by atoms with E-state index in [1.54, 1.807) is 17.8 Å². The lowest BCUT2D eigenvalue weighted by molar-refractivity contribution is -0.118. The first-order chi connectivity index (χ1) is 14.1. The number of nitrogens with one attached hydrogen (secondary N) is 2. The molecule has 0 spiro atoms. The summed E-state index contributed by atoms with van der Waals surface area (Å²) in [5, 5.41) is 8.15. The van der Waals surface area contributed by atoms with Gasteiger partial charge < -0.3 is 10.6 Å². The smallest absolute Gasteiger partial charge is 0.251 e. The molecule has 2 aromatic carbocycles. The summed E-state index contributed by atoms with van der Waals surface area (Å²) in [6, 6.07) is 16.5. The number of carbonyl (C=O) groups excluding carboxylic acids is 2. The van der Waals surface area contributed by atoms with E-state index in [2.05, 4.69) is 15.6 Å². The fourth-order valence-electron chi connectivity index (χ4n) is 2.80. The highest BCUT2D eigenvalue weighted by Crippen LogP contribution is 2.24. The molecule has 2 amide bonds. The molecule has 3 aromatic rings. The zero-order valence-electron chi connectivity index (χ0n) is 16.3. The van der Waals surface area contributed by atoms with Gasteiger partial charge in [-0.05, 0) is 37.5 Å². The van der Waals surface area contributed by atoms with Crippen LogP contribution in [0.5, 0.6) is 0 Å². The molecule has 2 N–H and O–H groups in total. The van der Waals surface area contributed by atoms with Crippen molar-refractivity contribution in [1.82, 2.24) is 10.3 Å². The standard InChI is InChI=1S/C22H23N3O2S2/c1-15-7-6-10-17(13-15)20(26)23-18(11-12-28-2)21(27)25-22-24-19(14-29-22)16-8-4-3-5-9-16/h3-10,13-14,18H,11-12H2,1-2H3,(H,23,26)(H,24,25,27)/t18-/m0/s1. The summed E-state index contributed by atoms with van der Waals surface area (Å²) in [6.07, 6.45) is 2.52. The van der Waals surface area contributed by atoms with Crippen molar-refractivity contribution in [3.8, 4) is 11.3 Å². The van der Waals surface area contributed by atoms with E-state index in [-0.39, 0.29) is 11.8 Å². The predicted molar refractivity (Wildman–Crippen MR) is 122 cm³/mol. The molecule has 29 heavy (non-hydrogen) atoms. The maximum Gasteiger partial charge on any atom is 0.251 e. The maximum atomic E-state index is 12.8. The van der Waals surface area contributed by atoms with E-state index < -0.39 is 6.04 Å². The summed E-state index contributed by atoms with van der Waals surface area (Å²) >= 11 is 3.01. The van der Waals surface area contributed by atoms with E-state index in [0.29, 0.717) is 17.1 Å². The molecule has 0 saturated carbocycles. The Labute approximate surface area is 179 Å². The number of thiazole rings is 1. The molecular formula is C22H23N3O2S2. The van der Waals surface area contributed by atoms with Gasteiger partial charge in [0, 0.05) is 16.5 Å². The lowest BCUT2D eigenvalue weighted by Gasteiger charge is -2.17. The number of thioether (sulfide) groups is 1. The van der Waals surface area contributed by atoms with E-state index in [0.717, 1.165) is 22.6 Å². The average molecular weight is 426 g/mol. The first-order valence-electron chi connectivity index (χ1n) is 9.25. The Bertz CT molecular complexity index is 973. The molecular weight excluding hydrogens is 402 g/mol. The van der Waals surface area contributed by atoms with Crippen molar-refractivity contribution >= 4 is 40.0 Å². The molecule has 0 saturated heterocycles. The SMILES string of the molecule is CSCC[C@H](NC(=O)c1cccc(C)c1)C(=O)Nc1nc(-c2ccccc2)cs1. The molecule has 5 nitrogen and oxygen atoms in total. The van der Waals surface area contributed by atoms with Gasteiger partial charge in [0.05, 0.1) is 5.69 Å². The molecule has 0 aliphatic rings. The summed E-state index contributed by atoms with van der Waals surface area (Å²) in [4.78, 5) is 29.9. The van der Waals surface area contributed by atoms with Gasteiger partial charge in [-0.1, -0.05) is 48.0 Å². The number of anilines is 1. The molecule has 1 aromatic heterocycles. The van der Waals surface area contributed by atoms with E-state index in [4.69, 9.17) is 0 Å². The number of aromatic nitrogens is 1. The van der Waals surface area contributed by atoms with Crippen molar-refractivity contribution in [2.75, 3.05) is 17.3 Å². The second-order valence-electron chi connectivity index (χ2n) is 6.57. The third-order valence-corrected chi connectivity index (χ3v) is 5.72. The molecule has 150 valence electrons. The minimum atomic E-state index is -0.625. The van der Waals surface area contributed by atoms with Crippen LogP contribution >= 0.6 is 23.1 Å². The van der Waals surface area contributed by atoms with Gasteiger partial charge >= 0.3 is 0 Å². The molecule has 1 heterocycles. The Morgan fingerprint density at radius 2 is 1.93 bits per heavy atom. The molecule has 0 aliphatic carbocycles. The van der Waals surface area contributed by atoms with Crippen LogP contribution in [0.15, 0.2) is 60.0 Å². The molecule has 0 bridgehead atoms. The quantitative estimate of drug-likeness (QED) is 0.553. The van der Waals surface area contributed by atoms with E-state index in [9.17, 15) is 9.59 Å². The van der Waals surface area contributed by atoms with Crippen molar-refractivity contribution in [2.24, 2.45) is 0 Å². The third-order valence-electron chi connectivity index (χ3n) is 4.32. The van der Waals surface area contributed by atoms with Crippen LogP contribution in [0.4, 0.5) is 5.13 Å². The Morgan fingerprint density at radius 3 is 2.66 bits per heavy atom. The zero-order valence-corrected chi connectivity index (χ0v) is 18.0. The van der Waals surface area contributed by atoms with Crippen molar-refractivity contribution in [1.29, 1.82) is 0 Å². The number of hydrogen-bond donors (Lipinski definition) is 2. The maximum absolute atomic E-state index is 12.8. The van der Waals surface area contributed by atoms with E-state index in [1.807, 2.05) is 67.1 Å². The number of nitrogens with zero attached hydrogens (tertiary/aromatic N) is 1. The van der Waals surface area contributed by atoms with Crippen LogP contribution in [0.3, 0.4) is 0 Å². The van der Waals surface area contributed by atoms with Gasteiger partial charge in [-0.2, -0.15) is 11.8 Å². The van der Waals surface area contributed by atoms with Crippen molar-refractivity contribution in [3.63, 3.8) is 0 Å². The lowest BCUT2D eigenvalue weighted by atomic mass is 10.1. The topological polar surface area (TPSA) is 71.1 Å². The number of rotatable bonds is 8. The predicted octanol–water partition coefficient (Wildman–Crippen LogP) is 4.61. The zero-order chi connectivity index (χ0) is 20.6.